The number of ether oxygens (including phenoxy) is 1. The number of hydrogen-bond donors (Lipinski definition) is 0. The molecule has 1 aromatic rings. The largest absolute Gasteiger partial charge is 0.465 e. The van der Waals surface area contributed by atoms with Gasteiger partial charge >= 0.3 is 16.2 Å². The summed E-state index contributed by atoms with van der Waals surface area (Å²) >= 11 is 0. The Morgan fingerprint density at radius 3 is 2.25 bits per heavy atom. The van der Waals surface area contributed by atoms with Gasteiger partial charge in [0.1, 0.15) is 16.5 Å². The molecule has 1 aromatic carbocycles. The van der Waals surface area contributed by atoms with Crippen LogP contribution < -0.4 is 0 Å². The van der Waals surface area contributed by atoms with Gasteiger partial charge in [0.25, 0.3) is 0 Å². The van der Waals surface area contributed by atoms with Gasteiger partial charge in [-0.15, -0.1) is 3.89 Å². The highest BCUT2D eigenvalue weighted by Gasteiger charge is 2.24. The first-order valence-corrected chi connectivity index (χ1v) is 5.17. The fourth-order valence-electron chi connectivity index (χ4n) is 0.982. The Balaban J connectivity index is 3.51. The molecule has 0 amide bonds. The summed E-state index contributed by atoms with van der Waals surface area (Å²) in [5, 5.41) is 0. The van der Waals surface area contributed by atoms with Gasteiger partial charge in [-0.3, -0.25) is 0 Å². The number of halogens is 3. The maximum absolute atomic E-state index is 13.0. The van der Waals surface area contributed by atoms with E-state index in [0.717, 1.165) is 7.11 Å². The van der Waals surface area contributed by atoms with Crippen LogP contribution >= 0.6 is 0 Å². The smallest absolute Gasteiger partial charge is 0.340 e. The van der Waals surface area contributed by atoms with Gasteiger partial charge in [0.05, 0.1) is 12.7 Å². The summed E-state index contributed by atoms with van der Waals surface area (Å²) in [5.74, 6) is -4.19. The third-order valence-corrected chi connectivity index (χ3v) is 2.53. The molecule has 0 saturated heterocycles. The molecule has 0 aromatic heterocycles. The van der Waals surface area contributed by atoms with E-state index in [1.54, 1.807) is 0 Å². The molecule has 16 heavy (non-hydrogen) atoms. The number of benzene rings is 1. The van der Waals surface area contributed by atoms with Crippen LogP contribution in [-0.2, 0) is 15.0 Å². The van der Waals surface area contributed by atoms with Crippen LogP contribution in [0, 0.1) is 11.6 Å². The molecule has 0 radical (unpaired) electrons. The topological polar surface area (TPSA) is 60.4 Å². The summed E-state index contributed by atoms with van der Waals surface area (Å²) in [4.78, 5) is 9.51. The summed E-state index contributed by atoms with van der Waals surface area (Å²) < 4.78 is 63.4. The third-order valence-electron chi connectivity index (χ3n) is 1.69. The standard InChI is InChI=1S/C8H5F3O4S/c1-15-8(12)4-2-7(16(11,13)14)6(10)3-5(4)9/h2-3H,1H3. The minimum absolute atomic E-state index is 0.0959. The predicted molar refractivity (Wildman–Crippen MR) is 46.0 cm³/mol. The lowest BCUT2D eigenvalue weighted by Crippen LogP contribution is -2.08. The predicted octanol–water partition coefficient (Wildman–Crippen LogP) is 1.41. The average Bonchev–Trinajstić information content (AvgIpc) is 2.14. The minimum atomic E-state index is -5.36. The van der Waals surface area contributed by atoms with E-state index in [1.807, 2.05) is 0 Å². The zero-order valence-corrected chi connectivity index (χ0v) is 8.65. The van der Waals surface area contributed by atoms with E-state index in [2.05, 4.69) is 4.74 Å². The van der Waals surface area contributed by atoms with Crippen molar-refractivity contribution in [3.63, 3.8) is 0 Å². The van der Waals surface area contributed by atoms with Crippen molar-refractivity contribution >= 4 is 16.2 Å². The first kappa shape index (κ1) is 12.5. The fraction of sp³-hybridized carbons (Fsp3) is 0.125. The van der Waals surface area contributed by atoms with Gasteiger partial charge < -0.3 is 4.74 Å². The van der Waals surface area contributed by atoms with Crippen molar-refractivity contribution in [3.8, 4) is 0 Å². The molecule has 0 saturated carbocycles. The van der Waals surface area contributed by atoms with Crippen LogP contribution in [0.2, 0.25) is 0 Å². The molecule has 0 aliphatic heterocycles. The number of esters is 1. The van der Waals surface area contributed by atoms with Gasteiger partial charge in [-0.25, -0.2) is 13.6 Å². The molecule has 0 aliphatic rings. The maximum atomic E-state index is 13.0. The second kappa shape index (κ2) is 4.12. The maximum Gasteiger partial charge on any atom is 0.340 e. The second-order valence-corrected chi connectivity index (χ2v) is 4.01. The number of carbonyl (C=O) groups is 1. The van der Waals surface area contributed by atoms with E-state index >= 15 is 0 Å². The number of rotatable bonds is 2. The van der Waals surface area contributed by atoms with Crippen molar-refractivity contribution in [3.05, 3.63) is 29.3 Å². The summed E-state index contributed by atoms with van der Waals surface area (Å²) in [5.41, 5.74) is -0.861. The van der Waals surface area contributed by atoms with E-state index in [-0.39, 0.29) is 12.1 Å². The molecule has 0 spiro atoms. The Kier molecular flexibility index (Phi) is 3.22. The van der Waals surface area contributed by atoms with E-state index in [4.69, 9.17) is 0 Å². The SMILES string of the molecule is COC(=O)c1cc(S(=O)(=O)F)c(F)cc1F. The molecule has 88 valence electrons. The highest BCUT2D eigenvalue weighted by atomic mass is 32.3. The lowest BCUT2D eigenvalue weighted by atomic mass is 10.2. The van der Waals surface area contributed by atoms with Crippen molar-refractivity contribution in [2.45, 2.75) is 4.90 Å². The molecule has 0 aliphatic carbocycles. The summed E-state index contributed by atoms with van der Waals surface area (Å²) in [7, 11) is -4.45. The van der Waals surface area contributed by atoms with E-state index < -0.39 is 38.3 Å². The molecule has 4 nitrogen and oxygen atoms in total. The van der Waals surface area contributed by atoms with Gasteiger partial charge in [0, 0.05) is 6.07 Å². The minimum Gasteiger partial charge on any atom is -0.465 e. The summed E-state index contributed by atoms with van der Waals surface area (Å²) in [6.07, 6.45) is 0. The average molecular weight is 254 g/mol. The van der Waals surface area contributed by atoms with Gasteiger partial charge in [0.15, 0.2) is 0 Å². The van der Waals surface area contributed by atoms with Crippen molar-refractivity contribution in [2.75, 3.05) is 7.11 Å². The van der Waals surface area contributed by atoms with Crippen molar-refractivity contribution in [1.82, 2.24) is 0 Å². The fourth-order valence-corrected chi connectivity index (χ4v) is 1.53. The van der Waals surface area contributed by atoms with Crippen molar-refractivity contribution in [2.24, 2.45) is 0 Å². The van der Waals surface area contributed by atoms with Crippen LogP contribution in [-0.4, -0.2) is 21.5 Å². The normalized spacial score (nSPS) is 11.2. The first-order chi connectivity index (χ1) is 7.27. The van der Waals surface area contributed by atoms with E-state index in [1.165, 1.54) is 0 Å². The number of hydrogen-bond acceptors (Lipinski definition) is 4. The zero-order chi connectivity index (χ0) is 12.5. The van der Waals surface area contributed by atoms with Gasteiger partial charge in [0.2, 0.25) is 0 Å². The molecule has 0 N–H and O–H groups in total. The van der Waals surface area contributed by atoms with Crippen LogP contribution in [0.3, 0.4) is 0 Å². The van der Waals surface area contributed by atoms with E-state index in [9.17, 15) is 25.9 Å². The van der Waals surface area contributed by atoms with Crippen LogP contribution in [0.25, 0.3) is 0 Å². The van der Waals surface area contributed by atoms with Crippen molar-refractivity contribution in [1.29, 1.82) is 0 Å². The highest BCUT2D eigenvalue weighted by molar-refractivity contribution is 7.86. The molecule has 0 atom stereocenters. The zero-order valence-electron chi connectivity index (χ0n) is 7.83. The quantitative estimate of drug-likeness (QED) is 0.591. The van der Waals surface area contributed by atoms with Gasteiger partial charge in [-0.05, 0) is 6.07 Å². The second-order valence-electron chi connectivity index (χ2n) is 2.69. The van der Waals surface area contributed by atoms with E-state index in [0.29, 0.717) is 0 Å². The molecule has 0 fully saturated rings. The Bertz CT molecular complexity index is 538. The van der Waals surface area contributed by atoms with Crippen LogP contribution in [0.1, 0.15) is 10.4 Å². The Morgan fingerprint density at radius 2 is 1.81 bits per heavy atom. The summed E-state index contributed by atoms with van der Waals surface area (Å²) in [6.45, 7) is 0. The van der Waals surface area contributed by atoms with Gasteiger partial charge in [-0.2, -0.15) is 8.42 Å². The summed E-state index contributed by atoms with van der Waals surface area (Å²) in [6, 6.07) is 0.338. The molecule has 1 rings (SSSR count). The Labute approximate surface area is 88.9 Å². The lowest BCUT2D eigenvalue weighted by Gasteiger charge is -2.03. The Morgan fingerprint density at radius 1 is 1.25 bits per heavy atom. The van der Waals surface area contributed by atoms with Crippen molar-refractivity contribution < 1.29 is 30.6 Å². The number of carbonyl (C=O) groups excluding carboxylic acids is 1. The molecule has 0 unspecified atom stereocenters. The monoisotopic (exact) mass is 254 g/mol. The van der Waals surface area contributed by atoms with Crippen LogP contribution in [0.15, 0.2) is 17.0 Å². The van der Waals surface area contributed by atoms with Gasteiger partial charge in [-0.1, -0.05) is 0 Å². The highest BCUT2D eigenvalue weighted by Crippen LogP contribution is 2.21. The van der Waals surface area contributed by atoms with Crippen LogP contribution in [0.4, 0.5) is 12.7 Å². The lowest BCUT2D eigenvalue weighted by molar-refractivity contribution is 0.0595. The molecule has 0 bridgehead atoms. The number of methoxy groups -OCH3 is 1. The van der Waals surface area contributed by atoms with Crippen LogP contribution in [0.5, 0.6) is 0 Å². The molecular weight excluding hydrogens is 249 g/mol. The molecule has 8 heteroatoms. The molecule has 0 heterocycles. The third kappa shape index (κ3) is 2.32. The Hall–Kier alpha value is -1.57. The molecular formula is C8H5F3O4S. The first-order valence-electron chi connectivity index (χ1n) is 3.79.